The van der Waals surface area contributed by atoms with Gasteiger partial charge in [-0.1, -0.05) is 0 Å². The molecule has 64 valence electrons. The van der Waals surface area contributed by atoms with Gasteiger partial charge in [-0.05, 0) is 6.92 Å². The summed E-state index contributed by atoms with van der Waals surface area (Å²) in [5.41, 5.74) is -0.382. The Morgan fingerprint density at radius 1 is 1.58 bits per heavy atom. The molecule has 0 aliphatic heterocycles. The molecule has 0 spiro atoms. The van der Waals surface area contributed by atoms with E-state index in [-0.39, 0.29) is 17.2 Å². The minimum atomic E-state index is -0.493. The van der Waals surface area contributed by atoms with Gasteiger partial charge in [0.2, 0.25) is 5.88 Å². The quantitative estimate of drug-likeness (QED) is 0.577. The number of aromatic amines is 1. The maximum absolute atomic E-state index is 11.0. The molecule has 0 saturated carbocycles. The summed E-state index contributed by atoms with van der Waals surface area (Å²) in [5.74, 6) is -0.908. The van der Waals surface area contributed by atoms with Crippen molar-refractivity contribution in [2.75, 3.05) is 0 Å². The maximum Gasteiger partial charge on any atom is 0.257 e. The molecule has 0 fully saturated rings. The van der Waals surface area contributed by atoms with Gasteiger partial charge in [0.1, 0.15) is 0 Å². The van der Waals surface area contributed by atoms with Gasteiger partial charge in [0, 0.05) is 6.92 Å². The molecule has 5 nitrogen and oxygen atoms in total. The number of ketones is 1. The fraction of sp³-hybridized carbons (Fsp3) is 0.286. The lowest BCUT2D eigenvalue weighted by Crippen LogP contribution is -2.16. The topological polar surface area (TPSA) is 83.0 Å². The summed E-state index contributed by atoms with van der Waals surface area (Å²) in [6.45, 7) is 2.68. The highest BCUT2D eigenvalue weighted by Gasteiger charge is 2.08. The van der Waals surface area contributed by atoms with Crippen LogP contribution in [0.5, 0.6) is 5.88 Å². The Hall–Kier alpha value is -1.65. The van der Waals surface area contributed by atoms with Gasteiger partial charge < -0.3 is 10.1 Å². The number of nitrogens with one attached hydrogen (secondary N) is 1. The molecule has 0 bridgehead atoms. The van der Waals surface area contributed by atoms with Gasteiger partial charge in [0.05, 0.1) is 5.56 Å². The van der Waals surface area contributed by atoms with E-state index >= 15 is 0 Å². The second-order valence-corrected chi connectivity index (χ2v) is 2.42. The second kappa shape index (κ2) is 2.77. The van der Waals surface area contributed by atoms with Gasteiger partial charge >= 0.3 is 0 Å². The molecule has 0 aliphatic carbocycles. The summed E-state index contributed by atoms with van der Waals surface area (Å²) in [7, 11) is 0. The molecule has 0 unspecified atom stereocenters. The van der Waals surface area contributed by atoms with Crippen LogP contribution in [-0.4, -0.2) is 20.9 Å². The number of H-pyrrole nitrogens is 1. The van der Waals surface area contributed by atoms with Gasteiger partial charge in [0.25, 0.3) is 5.56 Å². The SMILES string of the molecule is CC(=O)c1nc(O)c(C)c(=O)[nH]1. The van der Waals surface area contributed by atoms with Crippen molar-refractivity contribution < 1.29 is 9.90 Å². The molecule has 0 aromatic carbocycles. The first kappa shape index (κ1) is 8.45. The van der Waals surface area contributed by atoms with Crippen molar-refractivity contribution in [1.82, 2.24) is 9.97 Å². The number of aromatic hydroxyl groups is 1. The molecule has 5 heteroatoms. The zero-order chi connectivity index (χ0) is 9.30. The van der Waals surface area contributed by atoms with Crippen molar-refractivity contribution >= 4 is 5.78 Å². The van der Waals surface area contributed by atoms with Crippen LogP contribution in [0.3, 0.4) is 0 Å². The van der Waals surface area contributed by atoms with Crippen LogP contribution in [-0.2, 0) is 0 Å². The van der Waals surface area contributed by atoms with Crippen LogP contribution in [0, 0.1) is 6.92 Å². The first-order valence-electron chi connectivity index (χ1n) is 3.33. The van der Waals surface area contributed by atoms with Crippen molar-refractivity contribution in [3.05, 3.63) is 21.7 Å². The summed E-state index contributed by atoms with van der Waals surface area (Å²) in [6, 6.07) is 0. The van der Waals surface area contributed by atoms with Crippen LogP contribution in [0.2, 0.25) is 0 Å². The fourth-order valence-corrected chi connectivity index (χ4v) is 0.687. The minimum absolute atomic E-state index is 0.111. The molecule has 1 aromatic heterocycles. The van der Waals surface area contributed by atoms with E-state index in [0.717, 1.165) is 0 Å². The summed E-state index contributed by atoms with van der Waals surface area (Å²) < 4.78 is 0. The van der Waals surface area contributed by atoms with Gasteiger partial charge in [-0.2, -0.15) is 4.98 Å². The van der Waals surface area contributed by atoms with Crippen LogP contribution < -0.4 is 5.56 Å². The normalized spacial score (nSPS) is 9.83. The molecule has 0 radical (unpaired) electrons. The average molecular weight is 168 g/mol. The zero-order valence-corrected chi connectivity index (χ0v) is 6.71. The van der Waals surface area contributed by atoms with Crippen molar-refractivity contribution in [1.29, 1.82) is 0 Å². The van der Waals surface area contributed by atoms with Crippen molar-refractivity contribution in [3.8, 4) is 5.88 Å². The first-order valence-corrected chi connectivity index (χ1v) is 3.33. The standard InChI is InChI=1S/C7H8N2O3/c1-3-6(11)8-5(4(2)10)9-7(3)12/h1-2H3,(H2,8,9,11,12). The third-order valence-corrected chi connectivity index (χ3v) is 1.46. The van der Waals surface area contributed by atoms with E-state index in [1.807, 2.05) is 0 Å². The van der Waals surface area contributed by atoms with E-state index in [2.05, 4.69) is 9.97 Å². The molecule has 12 heavy (non-hydrogen) atoms. The van der Waals surface area contributed by atoms with Gasteiger partial charge in [-0.25, -0.2) is 0 Å². The van der Waals surface area contributed by atoms with E-state index in [4.69, 9.17) is 5.11 Å². The van der Waals surface area contributed by atoms with E-state index < -0.39 is 11.4 Å². The Morgan fingerprint density at radius 3 is 2.58 bits per heavy atom. The Labute approximate surface area is 68.1 Å². The van der Waals surface area contributed by atoms with Crippen molar-refractivity contribution in [2.24, 2.45) is 0 Å². The molecule has 1 rings (SSSR count). The monoisotopic (exact) mass is 168 g/mol. The summed E-state index contributed by atoms with van der Waals surface area (Å²) >= 11 is 0. The maximum atomic E-state index is 11.0. The number of carbonyl (C=O) groups is 1. The molecule has 0 aliphatic rings. The fourth-order valence-electron chi connectivity index (χ4n) is 0.687. The second-order valence-electron chi connectivity index (χ2n) is 2.42. The van der Waals surface area contributed by atoms with Crippen LogP contribution in [0.4, 0.5) is 0 Å². The molecule has 2 N–H and O–H groups in total. The van der Waals surface area contributed by atoms with Crippen LogP contribution in [0.25, 0.3) is 0 Å². The van der Waals surface area contributed by atoms with Crippen molar-refractivity contribution in [2.45, 2.75) is 13.8 Å². The van der Waals surface area contributed by atoms with Gasteiger partial charge in [-0.3, -0.25) is 9.59 Å². The number of nitrogens with zero attached hydrogens (tertiary/aromatic N) is 1. The van der Waals surface area contributed by atoms with Crippen LogP contribution in [0.15, 0.2) is 4.79 Å². The molecule has 0 saturated heterocycles. The lowest BCUT2D eigenvalue weighted by atomic mass is 10.3. The molecular formula is C7H8N2O3. The highest BCUT2D eigenvalue weighted by molar-refractivity contribution is 5.90. The molecular weight excluding hydrogens is 160 g/mol. The Balaban J connectivity index is 3.41. The van der Waals surface area contributed by atoms with E-state index in [1.54, 1.807) is 0 Å². The van der Waals surface area contributed by atoms with Crippen molar-refractivity contribution in [3.63, 3.8) is 0 Å². The zero-order valence-electron chi connectivity index (χ0n) is 6.71. The lowest BCUT2D eigenvalue weighted by Gasteiger charge is -1.98. The van der Waals surface area contributed by atoms with Gasteiger partial charge in [0.15, 0.2) is 11.6 Å². The van der Waals surface area contributed by atoms with E-state index in [9.17, 15) is 9.59 Å². The highest BCUT2D eigenvalue weighted by Crippen LogP contribution is 2.05. The Bertz CT molecular complexity index is 381. The summed E-state index contributed by atoms with van der Waals surface area (Å²) in [5, 5.41) is 9.05. The first-order chi connectivity index (χ1) is 5.52. The largest absolute Gasteiger partial charge is 0.493 e. The lowest BCUT2D eigenvalue weighted by molar-refractivity contribution is 0.100. The Morgan fingerprint density at radius 2 is 2.17 bits per heavy atom. The number of hydrogen-bond acceptors (Lipinski definition) is 4. The van der Waals surface area contributed by atoms with Crippen LogP contribution in [0.1, 0.15) is 23.1 Å². The number of aromatic nitrogens is 2. The molecule has 1 heterocycles. The molecule has 0 amide bonds. The number of Topliss-reactive ketones (excluding diaryl/α,β-unsaturated/α-hetero) is 1. The number of carbonyl (C=O) groups excluding carboxylic acids is 1. The summed E-state index contributed by atoms with van der Waals surface area (Å²) in [4.78, 5) is 27.4. The Kier molecular flexibility index (Phi) is 1.95. The average Bonchev–Trinajstić information content (AvgIpc) is 1.99. The van der Waals surface area contributed by atoms with Crippen LogP contribution >= 0.6 is 0 Å². The third kappa shape index (κ3) is 1.34. The van der Waals surface area contributed by atoms with Gasteiger partial charge in [-0.15, -0.1) is 0 Å². The predicted octanol–water partition coefficient (Wildman–Crippen LogP) is -0.0135. The predicted molar refractivity (Wildman–Crippen MR) is 41.3 cm³/mol. The smallest absolute Gasteiger partial charge is 0.257 e. The van der Waals surface area contributed by atoms with E-state index in [0.29, 0.717) is 0 Å². The third-order valence-electron chi connectivity index (χ3n) is 1.46. The highest BCUT2D eigenvalue weighted by atomic mass is 16.3. The van der Waals surface area contributed by atoms with E-state index in [1.165, 1.54) is 13.8 Å². The number of rotatable bonds is 1. The molecule has 1 aromatic rings. The molecule has 0 atom stereocenters. The minimum Gasteiger partial charge on any atom is -0.493 e. The number of hydrogen-bond donors (Lipinski definition) is 2. The summed E-state index contributed by atoms with van der Waals surface area (Å²) in [6.07, 6.45) is 0.